The molecule has 3 fully saturated rings. The standard InChI is InChI=1S/C22H30N4OS/c27-22-17(16-6-1-3-9-19(16)23-22)8-5-11-25-12-14-26(15-13-25)21-18-7-2-4-10-20(18)28-24-21/h2,4,7,10,16-17,19H,1,3,5-6,8-9,11-15H2,(H,23,27). The quantitative estimate of drug-likeness (QED) is 0.837. The molecule has 1 saturated carbocycles. The Hall–Kier alpha value is -1.66. The highest BCUT2D eigenvalue weighted by Gasteiger charge is 2.42. The minimum Gasteiger partial charge on any atom is -0.353 e. The molecule has 3 aliphatic rings. The first-order chi connectivity index (χ1) is 13.8. The Labute approximate surface area is 171 Å². The molecule has 150 valence electrons. The van der Waals surface area contributed by atoms with Gasteiger partial charge in [-0.2, -0.15) is 4.37 Å². The van der Waals surface area contributed by atoms with Gasteiger partial charge in [-0.05, 0) is 61.8 Å². The minimum atomic E-state index is 0.271. The predicted molar refractivity (Wildman–Crippen MR) is 115 cm³/mol. The second-order valence-electron chi connectivity index (χ2n) is 8.64. The van der Waals surface area contributed by atoms with Gasteiger partial charge in [0, 0.05) is 43.5 Å². The fraction of sp³-hybridized carbons (Fsp3) is 0.636. The maximum absolute atomic E-state index is 12.4. The fourth-order valence-electron chi connectivity index (χ4n) is 5.47. The number of hydrogen-bond donors (Lipinski definition) is 1. The van der Waals surface area contributed by atoms with Gasteiger partial charge in [0.2, 0.25) is 5.91 Å². The van der Waals surface area contributed by atoms with E-state index in [0.717, 1.165) is 51.4 Å². The average Bonchev–Trinajstić information content (AvgIpc) is 3.30. The molecular formula is C22H30N4OS. The first-order valence-corrected chi connectivity index (χ1v) is 11.7. The number of carbonyl (C=O) groups is 1. The van der Waals surface area contributed by atoms with Crippen LogP contribution in [0.4, 0.5) is 5.82 Å². The van der Waals surface area contributed by atoms with E-state index >= 15 is 0 Å². The summed E-state index contributed by atoms with van der Waals surface area (Å²) in [5.41, 5.74) is 0. The molecule has 2 saturated heterocycles. The van der Waals surface area contributed by atoms with Crippen LogP contribution in [0.15, 0.2) is 24.3 Å². The predicted octanol–water partition coefficient (Wildman–Crippen LogP) is 3.50. The Morgan fingerprint density at radius 1 is 1.11 bits per heavy atom. The highest BCUT2D eigenvalue weighted by molar-refractivity contribution is 7.13. The molecule has 5 rings (SSSR count). The van der Waals surface area contributed by atoms with Crippen molar-refractivity contribution in [3.8, 4) is 0 Å². The van der Waals surface area contributed by atoms with Crippen LogP contribution in [0.5, 0.6) is 0 Å². The highest BCUT2D eigenvalue weighted by atomic mass is 32.1. The normalized spacial score (nSPS) is 28.5. The van der Waals surface area contributed by atoms with Gasteiger partial charge >= 0.3 is 0 Å². The number of nitrogens with one attached hydrogen (secondary N) is 1. The van der Waals surface area contributed by atoms with E-state index in [1.165, 1.54) is 35.8 Å². The molecule has 1 amide bonds. The zero-order chi connectivity index (χ0) is 18.9. The molecule has 1 aromatic carbocycles. The molecular weight excluding hydrogens is 368 g/mol. The third-order valence-corrected chi connectivity index (χ3v) is 7.84. The topological polar surface area (TPSA) is 48.5 Å². The molecule has 2 aliphatic heterocycles. The van der Waals surface area contributed by atoms with Gasteiger partial charge in [-0.1, -0.05) is 25.0 Å². The van der Waals surface area contributed by atoms with E-state index in [1.807, 2.05) is 0 Å². The molecule has 0 bridgehead atoms. The van der Waals surface area contributed by atoms with Crippen molar-refractivity contribution in [3.05, 3.63) is 24.3 Å². The lowest BCUT2D eigenvalue weighted by Crippen LogP contribution is -2.46. The van der Waals surface area contributed by atoms with Gasteiger partial charge in [-0.15, -0.1) is 0 Å². The molecule has 28 heavy (non-hydrogen) atoms. The van der Waals surface area contributed by atoms with E-state index in [0.29, 0.717) is 17.9 Å². The SMILES string of the molecule is O=C1NC2CCCCC2C1CCCN1CCN(c2nsc3ccccc23)CC1. The monoisotopic (exact) mass is 398 g/mol. The van der Waals surface area contributed by atoms with Crippen molar-refractivity contribution in [1.29, 1.82) is 0 Å². The molecule has 0 spiro atoms. The van der Waals surface area contributed by atoms with Crippen molar-refractivity contribution < 1.29 is 4.79 Å². The molecule has 3 atom stereocenters. The smallest absolute Gasteiger partial charge is 0.223 e. The summed E-state index contributed by atoms with van der Waals surface area (Å²) in [4.78, 5) is 17.4. The lowest BCUT2D eigenvalue weighted by atomic mass is 9.78. The molecule has 0 radical (unpaired) electrons. The lowest BCUT2D eigenvalue weighted by molar-refractivity contribution is -0.123. The van der Waals surface area contributed by atoms with Crippen molar-refractivity contribution in [2.24, 2.45) is 11.8 Å². The van der Waals surface area contributed by atoms with Crippen LogP contribution in [0.1, 0.15) is 38.5 Å². The molecule has 3 heterocycles. The fourth-order valence-corrected chi connectivity index (χ4v) is 6.26. The number of aromatic nitrogens is 1. The van der Waals surface area contributed by atoms with Gasteiger partial charge < -0.3 is 10.2 Å². The van der Waals surface area contributed by atoms with Crippen LogP contribution in [-0.2, 0) is 4.79 Å². The Balaban J connectivity index is 1.11. The number of amides is 1. The molecule has 1 N–H and O–H groups in total. The largest absolute Gasteiger partial charge is 0.353 e. The van der Waals surface area contributed by atoms with E-state index < -0.39 is 0 Å². The number of fused-ring (bicyclic) bond motifs is 2. The van der Waals surface area contributed by atoms with Crippen LogP contribution < -0.4 is 10.2 Å². The van der Waals surface area contributed by atoms with E-state index in [-0.39, 0.29) is 5.92 Å². The Kier molecular flexibility index (Phi) is 5.24. The Bertz CT molecular complexity index is 829. The van der Waals surface area contributed by atoms with E-state index in [4.69, 9.17) is 4.37 Å². The van der Waals surface area contributed by atoms with E-state index in [1.54, 1.807) is 11.5 Å². The number of carbonyl (C=O) groups excluding carboxylic acids is 1. The zero-order valence-electron chi connectivity index (χ0n) is 16.5. The lowest BCUT2D eigenvalue weighted by Gasteiger charge is -2.35. The minimum absolute atomic E-state index is 0.271. The van der Waals surface area contributed by atoms with Crippen LogP contribution in [0.25, 0.3) is 10.1 Å². The summed E-state index contributed by atoms with van der Waals surface area (Å²) < 4.78 is 5.98. The van der Waals surface area contributed by atoms with Gasteiger partial charge in [-0.3, -0.25) is 9.69 Å². The van der Waals surface area contributed by atoms with Gasteiger partial charge in [0.1, 0.15) is 5.82 Å². The summed E-state index contributed by atoms with van der Waals surface area (Å²) in [7, 11) is 0. The van der Waals surface area contributed by atoms with E-state index in [2.05, 4.69) is 39.4 Å². The number of nitrogens with zero attached hydrogens (tertiary/aromatic N) is 3. The Morgan fingerprint density at radius 2 is 1.93 bits per heavy atom. The molecule has 2 aromatic rings. The first kappa shape index (κ1) is 18.4. The maximum Gasteiger partial charge on any atom is 0.223 e. The summed E-state index contributed by atoms with van der Waals surface area (Å²) in [5.74, 6) is 2.37. The first-order valence-electron chi connectivity index (χ1n) is 10.9. The second-order valence-corrected chi connectivity index (χ2v) is 9.45. The number of benzene rings is 1. The second kappa shape index (κ2) is 7.99. The number of rotatable bonds is 5. The molecule has 1 aromatic heterocycles. The molecule has 3 unspecified atom stereocenters. The van der Waals surface area contributed by atoms with Gasteiger partial charge in [0.15, 0.2) is 0 Å². The van der Waals surface area contributed by atoms with Crippen molar-refractivity contribution in [3.63, 3.8) is 0 Å². The summed E-state index contributed by atoms with van der Waals surface area (Å²) in [5, 5.41) is 4.55. The summed E-state index contributed by atoms with van der Waals surface area (Å²) in [6.07, 6.45) is 7.23. The average molecular weight is 399 g/mol. The van der Waals surface area contributed by atoms with Crippen LogP contribution in [0.2, 0.25) is 0 Å². The summed E-state index contributed by atoms with van der Waals surface area (Å²) in [6.45, 7) is 5.39. The number of piperazine rings is 1. The molecule has 6 heteroatoms. The molecule has 5 nitrogen and oxygen atoms in total. The van der Waals surface area contributed by atoms with Crippen LogP contribution in [0.3, 0.4) is 0 Å². The maximum atomic E-state index is 12.4. The summed E-state index contributed by atoms with van der Waals surface area (Å²) in [6, 6.07) is 9.01. The third-order valence-electron chi connectivity index (χ3n) is 7.02. The van der Waals surface area contributed by atoms with Gasteiger partial charge in [0.25, 0.3) is 0 Å². The van der Waals surface area contributed by atoms with Crippen LogP contribution >= 0.6 is 11.5 Å². The van der Waals surface area contributed by atoms with Crippen LogP contribution in [0, 0.1) is 11.8 Å². The zero-order valence-corrected chi connectivity index (χ0v) is 17.3. The van der Waals surface area contributed by atoms with Crippen molar-refractivity contribution in [1.82, 2.24) is 14.6 Å². The van der Waals surface area contributed by atoms with Crippen molar-refractivity contribution in [2.45, 2.75) is 44.6 Å². The summed E-state index contributed by atoms with van der Waals surface area (Å²) >= 11 is 1.60. The number of anilines is 1. The number of hydrogen-bond acceptors (Lipinski definition) is 5. The van der Waals surface area contributed by atoms with Crippen molar-refractivity contribution in [2.75, 3.05) is 37.6 Å². The van der Waals surface area contributed by atoms with Crippen molar-refractivity contribution >= 4 is 33.3 Å². The third kappa shape index (κ3) is 3.52. The highest BCUT2D eigenvalue weighted by Crippen LogP contribution is 2.37. The molecule has 1 aliphatic carbocycles. The van der Waals surface area contributed by atoms with Gasteiger partial charge in [0.05, 0.1) is 4.70 Å². The Morgan fingerprint density at radius 3 is 2.82 bits per heavy atom. The van der Waals surface area contributed by atoms with E-state index in [9.17, 15) is 4.79 Å². The van der Waals surface area contributed by atoms with Gasteiger partial charge in [-0.25, -0.2) is 0 Å². The van der Waals surface area contributed by atoms with Crippen LogP contribution in [-0.4, -0.2) is 53.9 Å².